The summed E-state index contributed by atoms with van der Waals surface area (Å²) < 4.78 is 53.6. The summed E-state index contributed by atoms with van der Waals surface area (Å²) in [6.45, 7) is 12.7. The van der Waals surface area contributed by atoms with E-state index in [4.69, 9.17) is 37.9 Å². The first kappa shape index (κ1) is 34.5. The van der Waals surface area contributed by atoms with Crippen molar-refractivity contribution in [1.82, 2.24) is 0 Å². The van der Waals surface area contributed by atoms with E-state index in [1.807, 2.05) is 6.92 Å². The van der Waals surface area contributed by atoms with Crippen LogP contribution in [0.2, 0.25) is 0 Å². The van der Waals surface area contributed by atoms with Crippen LogP contribution in [-0.2, 0) is 42.7 Å². The third-order valence-corrected chi connectivity index (χ3v) is 13.9. The quantitative estimate of drug-likeness (QED) is 0.409. The lowest BCUT2D eigenvalue weighted by Crippen LogP contribution is -2.61. The van der Waals surface area contributed by atoms with Gasteiger partial charge in [0.25, 0.3) is 0 Å². The molecular weight excluding hydrogens is 644 g/mol. The second kappa shape index (κ2) is 13.2. The van der Waals surface area contributed by atoms with Crippen LogP contribution in [0.5, 0.6) is 0 Å². The van der Waals surface area contributed by atoms with Crippen LogP contribution in [0.25, 0.3) is 0 Å². The molecule has 0 amide bonds. The molecule has 0 aromatic carbocycles. The van der Waals surface area contributed by atoms with Gasteiger partial charge in [-0.25, -0.2) is 0 Å². The molecule has 11 nitrogen and oxygen atoms in total. The van der Waals surface area contributed by atoms with E-state index in [1.165, 1.54) is 0 Å². The lowest BCUT2D eigenvalue weighted by Gasteiger charge is -2.47. The molecule has 11 heteroatoms. The summed E-state index contributed by atoms with van der Waals surface area (Å²) >= 11 is 0. The van der Waals surface area contributed by atoms with Gasteiger partial charge in [-0.1, -0.05) is 27.0 Å². The van der Waals surface area contributed by atoms with Gasteiger partial charge in [0.1, 0.15) is 42.4 Å². The van der Waals surface area contributed by atoms with E-state index in [2.05, 4.69) is 20.1 Å². The summed E-state index contributed by atoms with van der Waals surface area (Å²) in [5.41, 5.74) is 2.18. The molecule has 19 atom stereocenters. The zero-order valence-corrected chi connectivity index (χ0v) is 29.6. The second-order valence-corrected chi connectivity index (χ2v) is 17.1. The number of fused-ring (bicyclic) bond motifs is 6. The lowest BCUT2D eigenvalue weighted by molar-refractivity contribution is -0.292. The third kappa shape index (κ3) is 6.00. The number of aliphatic hydroxyl groups excluding tert-OH is 2. The number of carbonyl (C=O) groups is 1. The topological polar surface area (TPSA) is 131 Å². The van der Waals surface area contributed by atoms with E-state index < -0.39 is 24.6 Å². The molecule has 4 unspecified atom stereocenters. The van der Waals surface area contributed by atoms with Gasteiger partial charge in [-0.2, -0.15) is 0 Å². The summed E-state index contributed by atoms with van der Waals surface area (Å²) in [4.78, 5) is 13.9. The highest BCUT2D eigenvalue weighted by atomic mass is 16.8. The summed E-state index contributed by atoms with van der Waals surface area (Å²) in [7, 11) is 0. The van der Waals surface area contributed by atoms with Crippen molar-refractivity contribution in [2.75, 3.05) is 6.61 Å². The number of ether oxygens (including phenoxy) is 8. The van der Waals surface area contributed by atoms with Gasteiger partial charge >= 0.3 is 0 Å². The maximum Gasteiger partial charge on any atom is 0.172 e. The first-order valence-corrected chi connectivity index (χ1v) is 19.5. The average molecular weight is 701 g/mol. The lowest BCUT2D eigenvalue weighted by atomic mass is 9.78. The van der Waals surface area contributed by atoms with Crippen molar-refractivity contribution in [1.29, 1.82) is 0 Å². The van der Waals surface area contributed by atoms with E-state index in [1.54, 1.807) is 0 Å². The minimum absolute atomic E-state index is 0.0163. The van der Waals surface area contributed by atoms with Crippen LogP contribution in [0.15, 0.2) is 24.3 Å². The third-order valence-electron chi connectivity index (χ3n) is 13.9. The monoisotopic (exact) mass is 700 g/mol. The van der Waals surface area contributed by atoms with Crippen LogP contribution >= 0.6 is 0 Å². The van der Waals surface area contributed by atoms with Gasteiger partial charge in [0, 0.05) is 32.1 Å². The van der Waals surface area contributed by atoms with Gasteiger partial charge in [0.05, 0.1) is 61.5 Å². The van der Waals surface area contributed by atoms with Gasteiger partial charge in [-0.05, 0) is 73.8 Å². The second-order valence-electron chi connectivity index (χ2n) is 17.1. The predicted molar refractivity (Wildman–Crippen MR) is 178 cm³/mol. The van der Waals surface area contributed by atoms with Gasteiger partial charge < -0.3 is 48.1 Å². The molecule has 2 N–H and O–H groups in total. The molecule has 10 heterocycles. The number of hydrogen-bond acceptors (Lipinski definition) is 11. The van der Waals surface area contributed by atoms with Gasteiger partial charge in [0.2, 0.25) is 0 Å². The van der Waals surface area contributed by atoms with E-state index in [9.17, 15) is 15.0 Å². The minimum Gasteiger partial charge on any atom is -0.394 e. The molecule has 10 rings (SSSR count). The fourth-order valence-electron chi connectivity index (χ4n) is 11.1. The summed E-state index contributed by atoms with van der Waals surface area (Å²) in [5.74, 6) is -0.655. The van der Waals surface area contributed by atoms with E-state index in [0.717, 1.165) is 56.1 Å². The number of carbonyl (C=O) groups excluding carboxylic acids is 1. The Hall–Kier alpha value is -1.25. The molecule has 0 aliphatic carbocycles. The first-order valence-electron chi connectivity index (χ1n) is 19.5. The molecule has 0 aromatic heterocycles. The van der Waals surface area contributed by atoms with Crippen molar-refractivity contribution in [2.24, 2.45) is 17.8 Å². The maximum atomic E-state index is 13.9. The van der Waals surface area contributed by atoms with Crippen LogP contribution in [0.1, 0.15) is 90.9 Å². The minimum atomic E-state index is -1.02. The molecule has 10 aliphatic heterocycles. The molecular formula is C39H56O11. The Balaban J connectivity index is 0.992. The number of aliphatic hydroxyl groups is 2. The highest BCUT2D eigenvalue weighted by molar-refractivity contribution is 5.79. The van der Waals surface area contributed by atoms with Gasteiger partial charge in [-0.3, -0.25) is 4.79 Å². The van der Waals surface area contributed by atoms with Crippen molar-refractivity contribution < 1.29 is 52.9 Å². The van der Waals surface area contributed by atoms with Crippen molar-refractivity contribution in [3.63, 3.8) is 0 Å². The Bertz CT molecular complexity index is 1340. The molecule has 1 spiro atoms. The Morgan fingerprint density at radius 2 is 1.48 bits per heavy atom. The zero-order chi connectivity index (χ0) is 34.5. The molecule has 10 saturated heterocycles. The zero-order valence-electron chi connectivity index (χ0n) is 29.6. The van der Waals surface area contributed by atoms with Gasteiger partial charge in [-0.15, -0.1) is 0 Å². The molecule has 12 bridgehead atoms. The van der Waals surface area contributed by atoms with Crippen molar-refractivity contribution in [3.8, 4) is 0 Å². The highest BCUT2D eigenvalue weighted by Gasteiger charge is 2.68. The summed E-state index contributed by atoms with van der Waals surface area (Å²) in [5, 5.41) is 20.6. The van der Waals surface area contributed by atoms with Gasteiger partial charge in [0.15, 0.2) is 5.79 Å². The largest absolute Gasteiger partial charge is 0.394 e. The maximum absolute atomic E-state index is 13.9. The first-order chi connectivity index (χ1) is 24.1. The molecule has 0 radical (unpaired) electrons. The Morgan fingerprint density at radius 3 is 2.32 bits per heavy atom. The fourth-order valence-corrected chi connectivity index (χ4v) is 11.1. The average Bonchev–Trinajstić information content (AvgIpc) is 3.76. The molecule has 10 aliphatic rings. The van der Waals surface area contributed by atoms with Crippen LogP contribution in [0.3, 0.4) is 0 Å². The van der Waals surface area contributed by atoms with E-state index >= 15 is 0 Å². The summed E-state index contributed by atoms with van der Waals surface area (Å²) in [6, 6.07) is 0. The Morgan fingerprint density at radius 1 is 0.740 bits per heavy atom. The molecule has 278 valence electrons. The molecule has 0 saturated carbocycles. The fraction of sp³-hybridized carbons (Fsp3) is 0.872. The summed E-state index contributed by atoms with van der Waals surface area (Å²) in [6.07, 6.45) is 4.46. The number of ketones is 1. The van der Waals surface area contributed by atoms with Crippen molar-refractivity contribution >= 4 is 5.78 Å². The SMILES string of the molecule is C=C1C[C@@H]2CC[C@@]34C[C@@H]5O[C@@H]6[C@@H](O[C@H]7CCC(CC(=O)C[C@H]8[C@H](CC9O[C@@H](CCC1O2)C[C@@H](C)C9=C)OC([C@H](O)CO)[C@@H]8C)O[C@@H]7[C@@H]6O3)[C@H]5O4. The molecule has 50 heavy (non-hydrogen) atoms. The predicted octanol–water partition coefficient (Wildman–Crippen LogP) is 3.70. The molecule has 10 fully saturated rings. The number of hydrogen-bond donors (Lipinski definition) is 2. The smallest absolute Gasteiger partial charge is 0.172 e. The normalized spacial score (nSPS) is 54.0. The van der Waals surface area contributed by atoms with E-state index in [0.29, 0.717) is 25.7 Å². The van der Waals surface area contributed by atoms with Crippen LogP contribution in [0.4, 0.5) is 0 Å². The van der Waals surface area contributed by atoms with Crippen molar-refractivity contribution in [3.05, 3.63) is 24.3 Å². The number of Topliss-reactive ketones (excluding diaryl/α,β-unsaturated/α-hetero) is 1. The Kier molecular flexibility index (Phi) is 9.15. The van der Waals surface area contributed by atoms with Crippen LogP contribution < -0.4 is 0 Å². The standard InChI is InChI=1S/C39H56O11/c1-18-11-23-5-7-28-19(2)12-25(43-28)9-10-39-16-32-35(49-39)36-37(48-32)38(50-39)34-29(46-36)8-6-24(45-34)13-22(41)14-26-21(4)33(27(42)17-40)47-31(26)15-30(44-23)20(18)3/h18,21,23-38,40,42H,2-3,5-17H2,1,4H3/t18-,21-,23+,24?,25+,26-,27-,28?,29+,30?,31+,32+,33?,34+,35+,36+,37-,38+,39+/m1/s1. The van der Waals surface area contributed by atoms with Crippen LogP contribution in [-0.4, -0.2) is 120 Å². The van der Waals surface area contributed by atoms with Crippen molar-refractivity contribution in [2.45, 2.75) is 188 Å². The number of rotatable bonds is 2. The molecule has 0 aromatic rings. The van der Waals surface area contributed by atoms with Crippen LogP contribution in [0, 0.1) is 17.8 Å². The highest BCUT2D eigenvalue weighted by Crippen LogP contribution is 2.54. The van der Waals surface area contributed by atoms with E-state index in [-0.39, 0.29) is 109 Å². The Labute approximate surface area is 295 Å².